The lowest BCUT2D eigenvalue weighted by Gasteiger charge is -2.36. The van der Waals surface area contributed by atoms with Gasteiger partial charge in [-0.1, -0.05) is 13.0 Å². The molecule has 0 spiro atoms. The number of hydrogen-bond donors (Lipinski definition) is 1. The Morgan fingerprint density at radius 1 is 1.20 bits per heavy atom. The van der Waals surface area contributed by atoms with Crippen LogP contribution in [0.3, 0.4) is 0 Å². The monoisotopic (exact) mass is 387 g/mol. The Kier molecular flexibility index (Phi) is 8.15. The van der Waals surface area contributed by atoms with Crippen molar-refractivity contribution < 1.29 is 4.79 Å². The molecule has 3 rings (SSSR count). The number of pyridine rings is 1. The second-order valence-corrected chi connectivity index (χ2v) is 6.45. The minimum atomic E-state index is -0.111. The van der Waals surface area contributed by atoms with Crippen LogP contribution in [0.25, 0.3) is 5.65 Å². The van der Waals surface area contributed by atoms with Gasteiger partial charge in [0.25, 0.3) is 0 Å². The molecule has 1 aliphatic heterocycles. The molecule has 2 aromatic rings. The number of fused-ring (bicyclic) bond motifs is 1. The van der Waals surface area contributed by atoms with Gasteiger partial charge in [0.2, 0.25) is 5.91 Å². The predicted octanol–water partition coefficient (Wildman–Crippen LogP) is 1.81. The van der Waals surface area contributed by atoms with Crippen LogP contribution in [0.2, 0.25) is 0 Å². The fourth-order valence-electron chi connectivity index (χ4n) is 2.93. The minimum Gasteiger partial charge on any atom is -0.340 e. The maximum absolute atomic E-state index is 12.3. The highest BCUT2D eigenvalue weighted by Gasteiger charge is 2.26. The van der Waals surface area contributed by atoms with Crippen molar-refractivity contribution in [3.05, 3.63) is 36.3 Å². The fourth-order valence-corrected chi connectivity index (χ4v) is 2.93. The van der Waals surface area contributed by atoms with Crippen molar-refractivity contribution in [3.63, 3.8) is 0 Å². The highest BCUT2D eigenvalue weighted by Crippen LogP contribution is 2.13. The number of aromatic nitrogens is 2. The molecule has 3 heterocycles. The number of imidazole rings is 1. The van der Waals surface area contributed by atoms with Gasteiger partial charge < -0.3 is 15.0 Å². The molecule has 2 atom stereocenters. The number of nitrogens with zero attached hydrogens (tertiary/aromatic N) is 4. The highest BCUT2D eigenvalue weighted by molar-refractivity contribution is 5.85. The Morgan fingerprint density at radius 2 is 1.88 bits per heavy atom. The minimum absolute atomic E-state index is 0. The van der Waals surface area contributed by atoms with Crippen molar-refractivity contribution in [3.8, 4) is 0 Å². The van der Waals surface area contributed by atoms with Crippen LogP contribution in [0, 0.1) is 5.92 Å². The lowest BCUT2D eigenvalue weighted by atomic mass is 10.0. The first-order valence-electron chi connectivity index (χ1n) is 8.24. The predicted molar refractivity (Wildman–Crippen MR) is 104 cm³/mol. The molecule has 0 aromatic carbocycles. The van der Waals surface area contributed by atoms with E-state index in [0.29, 0.717) is 0 Å². The summed E-state index contributed by atoms with van der Waals surface area (Å²) in [4.78, 5) is 21.3. The Bertz CT molecular complexity index is 649. The molecule has 6 nitrogen and oxygen atoms in total. The van der Waals surface area contributed by atoms with Crippen molar-refractivity contribution in [2.24, 2.45) is 11.7 Å². The number of halogens is 2. The summed E-state index contributed by atoms with van der Waals surface area (Å²) >= 11 is 0. The second-order valence-electron chi connectivity index (χ2n) is 6.45. The van der Waals surface area contributed by atoms with Crippen LogP contribution in [0.5, 0.6) is 0 Å². The molecule has 0 aliphatic carbocycles. The Hall–Kier alpha value is -1.34. The lowest BCUT2D eigenvalue weighted by molar-refractivity contribution is -0.137. The molecule has 1 amide bonds. The van der Waals surface area contributed by atoms with Crippen molar-refractivity contribution in [1.29, 1.82) is 0 Å². The Balaban J connectivity index is 0.00000156. The van der Waals surface area contributed by atoms with Crippen LogP contribution in [-0.2, 0) is 11.3 Å². The quantitative estimate of drug-likeness (QED) is 0.868. The zero-order valence-corrected chi connectivity index (χ0v) is 16.3. The van der Waals surface area contributed by atoms with Crippen molar-refractivity contribution in [2.45, 2.75) is 26.4 Å². The molecule has 140 valence electrons. The first kappa shape index (κ1) is 21.7. The third-order valence-electron chi connectivity index (χ3n) is 4.66. The standard InChI is InChI=1S/C17H25N5O.2ClH/c1-13(14(2)18)17(23)21-9-7-20(8-10-21)11-15-12-22-6-4-3-5-16(22)19-15;;/h3-6,12-14H,7-11,18H2,1-2H3;2*1H. The molecule has 8 heteroatoms. The molecule has 0 saturated carbocycles. The molecule has 1 fully saturated rings. The second kappa shape index (κ2) is 9.38. The first-order valence-corrected chi connectivity index (χ1v) is 8.24. The molecule has 25 heavy (non-hydrogen) atoms. The van der Waals surface area contributed by atoms with E-state index in [1.807, 2.05) is 47.5 Å². The van der Waals surface area contributed by atoms with Crippen LogP contribution >= 0.6 is 24.8 Å². The van der Waals surface area contributed by atoms with Gasteiger partial charge in [-0.3, -0.25) is 9.69 Å². The summed E-state index contributed by atoms with van der Waals surface area (Å²) in [5, 5.41) is 0. The van der Waals surface area contributed by atoms with E-state index < -0.39 is 0 Å². The van der Waals surface area contributed by atoms with Gasteiger partial charge >= 0.3 is 0 Å². The van der Waals surface area contributed by atoms with Gasteiger partial charge in [-0.2, -0.15) is 0 Å². The van der Waals surface area contributed by atoms with Gasteiger partial charge in [0.15, 0.2) is 0 Å². The summed E-state index contributed by atoms with van der Waals surface area (Å²) in [5.41, 5.74) is 7.88. The number of rotatable bonds is 4. The molecule has 1 aliphatic rings. The summed E-state index contributed by atoms with van der Waals surface area (Å²) in [6, 6.07) is 5.91. The van der Waals surface area contributed by atoms with Gasteiger partial charge in [-0.05, 0) is 19.1 Å². The largest absolute Gasteiger partial charge is 0.340 e. The zero-order chi connectivity index (χ0) is 16.4. The average molecular weight is 388 g/mol. The van der Waals surface area contributed by atoms with Gasteiger partial charge in [-0.15, -0.1) is 24.8 Å². The van der Waals surface area contributed by atoms with Gasteiger partial charge in [0.1, 0.15) is 5.65 Å². The summed E-state index contributed by atoms with van der Waals surface area (Å²) in [6.45, 7) is 7.92. The van der Waals surface area contributed by atoms with Crippen molar-refractivity contribution >= 4 is 36.4 Å². The van der Waals surface area contributed by atoms with Crippen LogP contribution in [-0.4, -0.2) is 57.3 Å². The van der Waals surface area contributed by atoms with Crippen molar-refractivity contribution in [2.75, 3.05) is 26.2 Å². The van der Waals surface area contributed by atoms with E-state index in [-0.39, 0.29) is 42.7 Å². The number of carbonyl (C=O) groups is 1. The maximum Gasteiger partial charge on any atom is 0.227 e. The molecule has 2 N–H and O–H groups in total. The Labute approximate surface area is 161 Å². The highest BCUT2D eigenvalue weighted by atomic mass is 35.5. The van der Waals surface area contributed by atoms with E-state index in [1.54, 1.807) is 0 Å². The summed E-state index contributed by atoms with van der Waals surface area (Å²) in [7, 11) is 0. The van der Waals surface area contributed by atoms with Crippen LogP contribution < -0.4 is 5.73 Å². The third-order valence-corrected chi connectivity index (χ3v) is 4.66. The maximum atomic E-state index is 12.3. The summed E-state index contributed by atoms with van der Waals surface area (Å²) in [6.07, 6.45) is 4.09. The molecule has 2 aromatic heterocycles. The normalized spacial score (nSPS) is 17.5. The SMILES string of the molecule is CC(N)C(C)C(=O)N1CCN(Cc2cn3ccccc3n2)CC1.Cl.Cl. The molecule has 0 radical (unpaired) electrons. The number of amides is 1. The molecule has 2 unspecified atom stereocenters. The van der Waals surface area contributed by atoms with E-state index in [9.17, 15) is 4.79 Å². The fraction of sp³-hybridized carbons (Fsp3) is 0.529. The van der Waals surface area contributed by atoms with E-state index in [4.69, 9.17) is 5.73 Å². The van der Waals surface area contributed by atoms with Crippen LogP contribution in [0.15, 0.2) is 30.6 Å². The van der Waals surface area contributed by atoms with Crippen LogP contribution in [0.1, 0.15) is 19.5 Å². The number of carbonyl (C=O) groups excluding carboxylic acids is 1. The number of hydrogen-bond acceptors (Lipinski definition) is 4. The summed E-state index contributed by atoms with van der Waals surface area (Å²) < 4.78 is 2.04. The van der Waals surface area contributed by atoms with Gasteiger partial charge in [0, 0.05) is 51.2 Å². The molecule has 1 saturated heterocycles. The number of piperazine rings is 1. The van der Waals surface area contributed by atoms with Gasteiger partial charge in [-0.25, -0.2) is 4.98 Å². The van der Waals surface area contributed by atoms with E-state index >= 15 is 0 Å². The summed E-state index contributed by atoms with van der Waals surface area (Å²) in [5.74, 6) is 0.0624. The van der Waals surface area contributed by atoms with E-state index in [0.717, 1.165) is 44.1 Å². The Morgan fingerprint density at radius 3 is 2.48 bits per heavy atom. The van der Waals surface area contributed by atoms with Crippen molar-refractivity contribution in [1.82, 2.24) is 19.2 Å². The molecular weight excluding hydrogens is 361 g/mol. The van der Waals surface area contributed by atoms with Crippen LogP contribution in [0.4, 0.5) is 0 Å². The molecule has 0 bridgehead atoms. The first-order chi connectivity index (χ1) is 11.0. The topological polar surface area (TPSA) is 66.9 Å². The van der Waals surface area contributed by atoms with Gasteiger partial charge in [0.05, 0.1) is 11.6 Å². The third kappa shape index (κ3) is 5.07. The smallest absolute Gasteiger partial charge is 0.227 e. The number of nitrogens with two attached hydrogens (primary N) is 1. The zero-order valence-electron chi connectivity index (χ0n) is 14.7. The molecular formula is C17H27Cl2N5O. The lowest BCUT2D eigenvalue weighted by Crippen LogP contribution is -2.51. The van der Waals surface area contributed by atoms with E-state index in [2.05, 4.69) is 16.1 Å². The van der Waals surface area contributed by atoms with E-state index in [1.165, 1.54) is 0 Å². The average Bonchev–Trinajstić information content (AvgIpc) is 2.96.